The molecule has 0 heterocycles. The van der Waals surface area contributed by atoms with E-state index in [1.807, 2.05) is 48.6 Å². The normalized spacial score (nSPS) is 11.4. The molecule has 6 nitrogen and oxygen atoms in total. The molecule has 0 aromatic heterocycles. The number of rotatable bonds is 7. The Kier molecular flexibility index (Phi) is 6.83. The van der Waals surface area contributed by atoms with Crippen LogP contribution in [0.5, 0.6) is 5.75 Å². The average molecular weight is 423 g/mol. The van der Waals surface area contributed by atoms with Gasteiger partial charge in [-0.3, -0.25) is 9.59 Å². The molecular formula is C23H19ClN2O4. The number of amides is 1. The van der Waals surface area contributed by atoms with E-state index in [1.54, 1.807) is 6.21 Å². The second-order valence-corrected chi connectivity index (χ2v) is 6.90. The predicted molar refractivity (Wildman–Crippen MR) is 118 cm³/mol. The molecule has 0 bridgehead atoms. The first-order chi connectivity index (χ1) is 14.5. The van der Waals surface area contributed by atoms with Crippen LogP contribution in [0.4, 0.5) is 0 Å². The lowest BCUT2D eigenvalue weighted by molar-refractivity contribution is -0.136. The summed E-state index contributed by atoms with van der Waals surface area (Å²) in [5, 5.41) is 24.2. The summed E-state index contributed by atoms with van der Waals surface area (Å²) in [5.41, 5.74) is 4.51. The lowest BCUT2D eigenvalue weighted by Gasteiger charge is -2.06. The molecule has 1 amide bonds. The van der Waals surface area contributed by atoms with Gasteiger partial charge in [-0.05, 0) is 41.0 Å². The fraction of sp³-hybridized carbons (Fsp3) is 0.0870. The summed E-state index contributed by atoms with van der Waals surface area (Å²) in [6, 6.07) is 15.7. The Morgan fingerprint density at radius 3 is 2.43 bits per heavy atom. The van der Waals surface area contributed by atoms with Crippen LogP contribution in [-0.2, 0) is 4.79 Å². The number of phenolic OH excluding ortho intramolecular Hbond substituents is 1. The highest BCUT2D eigenvalue weighted by Gasteiger charge is 2.08. The maximum Gasteiger partial charge on any atom is 0.303 e. The molecule has 0 saturated heterocycles. The topological polar surface area (TPSA) is 99.0 Å². The smallest absolute Gasteiger partial charge is 0.303 e. The molecule has 0 spiro atoms. The van der Waals surface area contributed by atoms with Crippen molar-refractivity contribution in [1.82, 2.24) is 5.43 Å². The molecule has 0 atom stereocenters. The molecule has 3 rings (SSSR count). The number of aromatic hydroxyl groups is 1. The third kappa shape index (κ3) is 5.24. The number of halogens is 1. The molecule has 0 saturated carbocycles. The van der Waals surface area contributed by atoms with Crippen molar-refractivity contribution in [2.45, 2.75) is 12.8 Å². The molecule has 0 aliphatic rings. The minimum absolute atomic E-state index is 0.0876. The van der Waals surface area contributed by atoms with Crippen LogP contribution in [0.15, 0.2) is 65.8 Å². The van der Waals surface area contributed by atoms with Gasteiger partial charge in [0.25, 0.3) is 5.91 Å². The fourth-order valence-electron chi connectivity index (χ4n) is 2.89. The number of hydrazone groups is 1. The van der Waals surface area contributed by atoms with Gasteiger partial charge in [0.2, 0.25) is 0 Å². The minimum atomic E-state index is -0.826. The van der Waals surface area contributed by atoms with Gasteiger partial charge in [0.1, 0.15) is 5.75 Å². The first-order valence-electron chi connectivity index (χ1n) is 9.17. The van der Waals surface area contributed by atoms with E-state index < -0.39 is 11.9 Å². The molecule has 0 aliphatic carbocycles. The maximum absolute atomic E-state index is 12.2. The summed E-state index contributed by atoms with van der Waals surface area (Å²) >= 11 is 5.83. The highest BCUT2D eigenvalue weighted by atomic mass is 35.5. The number of fused-ring (bicyclic) bond motifs is 1. The van der Waals surface area contributed by atoms with Crippen LogP contribution < -0.4 is 5.43 Å². The second kappa shape index (κ2) is 9.71. The van der Waals surface area contributed by atoms with Crippen molar-refractivity contribution in [3.8, 4) is 5.75 Å². The standard InChI is InChI=1S/C23H19ClN2O4/c24-20-13-16(11-12-21(20)27)23(30)26-25-14-17-10-9-15(5-1-4-8-22(28)29)18-6-2-3-7-19(17)18/h1-3,5-7,9-14,27H,4,8H2,(H,26,30)(H,28,29). The van der Waals surface area contributed by atoms with Gasteiger partial charge in [0, 0.05) is 17.5 Å². The summed E-state index contributed by atoms with van der Waals surface area (Å²) in [6.45, 7) is 0. The maximum atomic E-state index is 12.2. The summed E-state index contributed by atoms with van der Waals surface area (Å²) in [7, 11) is 0. The van der Waals surface area contributed by atoms with Crippen molar-refractivity contribution in [2.24, 2.45) is 5.10 Å². The first kappa shape index (κ1) is 21.1. The number of nitrogens with zero attached hydrogens (tertiary/aromatic N) is 1. The van der Waals surface area contributed by atoms with E-state index in [0.717, 1.165) is 21.9 Å². The number of carboxylic acids is 1. The number of carboxylic acid groups (broad SMARTS) is 1. The molecule has 0 fully saturated rings. The van der Waals surface area contributed by atoms with E-state index in [1.165, 1.54) is 18.2 Å². The molecule has 30 heavy (non-hydrogen) atoms. The number of hydrogen-bond acceptors (Lipinski definition) is 4. The Morgan fingerprint density at radius 1 is 1.03 bits per heavy atom. The Labute approximate surface area is 178 Å². The number of benzene rings is 3. The average Bonchev–Trinajstić information content (AvgIpc) is 2.73. The molecule has 0 unspecified atom stereocenters. The van der Waals surface area contributed by atoms with Crippen molar-refractivity contribution in [1.29, 1.82) is 0 Å². The lowest BCUT2D eigenvalue weighted by atomic mass is 9.99. The lowest BCUT2D eigenvalue weighted by Crippen LogP contribution is -2.17. The van der Waals surface area contributed by atoms with Gasteiger partial charge in [0.15, 0.2) is 0 Å². The van der Waals surface area contributed by atoms with Gasteiger partial charge >= 0.3 is 5.97 Å². The Bertz CT molecular complexity index is 1160. The van der Waals surface area contributed by atoms with Crippen molar-refractivity contribution in [2.75, 3.05) is 0 Å². The van der Waals surface area contributed by atoms with Crippen LogP contribution in [0.2, 0.25) is 5.02 Å². The number of carbonyl (C=O) groups excluding carboxylic acids is 1. The zero-order valence-electron chi connectivity index (χ0n) is 15.9. The van der Waals surface area contributed by atoms with Crippen LogP contribution in [0.3, 0.4) is 0 Å². The van der Waals surface area contributed by atoms with E-state index in [9.17, 15) is 14.7 Å². The summed E-state index contributed by atoms with van der Waals surface area (Å²) in [6.07, 6.45) is 5.85. The quantitative estimate of drug-likeness (QED) is 0.374. The van der Waals surface area contributed by atoms with Gasteiger partial charge in [0.05, 0.1) is 11.2 Å². The Morgan fingerprint density at radius 2 is 1.73 bits per heavy atom. The highest BCUT2D eigenvalue weighted by molar-refractivity contribution is 6.32. The number of aliphatic carboxylic acids is 1. The van der Waals surface area contributed by atoms with Crippen LogP contribution >= 0.6 is 11.6 Å². The number of carbonyl (C=O) groups is 2. The van der Waals surface area contributed by atoms with Crippen LogP contribution in [0.25, 0.3) is 16.8 Å². The van der Waals surface area contributed by atoms with E-state index in [-0.39, 0.29) is 22.8 Å². The third-order valence-electron chi connectivity index (χ3n) is 4.39. The second-order valence-electron chi connectivity index (χ2n) is 6.49. The van der Waals surface area contributed by atoms with Gasteiger partial charge in [-0.15, -0.1) is 0 Å². The molecule has 0 aliphatic heterocycles. The van der Waals surface area contributed by atoms with Crippen LogP contribution in [-0.4, -0.2) is 28.3 Å². The Balaban J connectivity index is 1.77. The highest BCUT2D eigenvalue weighted by Crippen LogP contribution is 2.24. The zero-order valence-corrected chi connectivity index (χ0v) is 16.6. The third-order valence-corrected chi connectivity index (χ3v) is 4.70. The summed E-state index contributed by atoms with van der Waals surface area (Å²) in [5.74, 6) is -1.37. The van der Waals surface area contributed by atoms with Crippen LogP contribution in [0, 0.1) is 0 Å². The van der Waals surface area contributed by atoms with E-state index >= 15 is 0 Å². The molecule has 7 heteroatoms. The van der Waals surface area contributed by atoms with Gasteiger partial charge in [-0.1, -0.05) is 60.2 Å². The van der Waals surface area contributed by atoms with Crippen molar-refractivity contribution in [3.63, 3.8) is 0 Å². The monoisotopic (exact) mass is 422 g/mol. The van der Waals surface area contributed by atoms with Crippen molar-refractivity contribution in [3.05, 3.63) is 82.4 Å². The number of phenols is 1. The minimum Gasteiger partial charge on any atom is -0.506 e. The van der Waals surface area contributed by atoms with Gasteiger partial charge in [-0.25, -0.2) is 5.43 Å². The summed E-state index contributed by atoms with van der Waals surface area (Å²) in [4.78, 5) is 22.8. The molecule has 0 radical (unpaired) electrons. The molecular weight excluding hydrogens is 404 g/mol. The predicted octanol–water partition coefficient (Wildman–Crippen LogP) is 4.84. The zero-order chi connectivity index (χ0) is 21.5. The van der Waals surface area contributed by atoms with Crippen LogP contribution in [0.1, 0.15) is 34.3 Å². The van der Waals surface area contributed by atoms with Crippen molar-refractivity contribution >= 4 is 46.5 Å². The molecule has 152 valence electrons. The van der Waals surface area contributed by atoms with E-state index in [0.29, 0.717) is 6.42 Å². The van der Waals surface area contributed by atoms with Gasteiger partial charge in [-0.2, -0.15) is 5.10 Å². The fourth-order valence-corrected chi connectivity index (χ4v) is 3.07. The number of nitrogens with one attached hydrogen (secondary N) is 1. The Hall–Kier alpha value is -3.64. The SMILES string of the molecule is O=C(O)CCC=Cc1ccc(C=NNC(=O)c2ccc(O)c(Cl)c2)c2ccccc12. The number of allylic oxidation sites excluding steroid dienone is 1. The van der Waals surface area contributed by atoms with Crippen molar-refractivity contribution < 1.29 is 19.8 Å². The van der Waals surface area contributed by atoms with E-state index in [2.05, 4.69) is 10.5 Å². The molecule has 3 N–H and O–H groups in total. The van der Waals surface area contributed by atoms with E-state index in [4.69, 9.17) is 16.7 Å². The number of hydrogen-bond donors (Lipinski definition) is 3. The van der Waals surface area contributed by atoms with Gasteiger partial charge < -0.3 is 10.2 Å². The molecule has 3 aromatic rings. The largest absolute Gasteiger partial charge is 0.506 e. The molecule has 3 aromatic carbocycles. The summed E-state index contributed by atoms with van der Waals surface area (Å²) < 4.78 is 0. The first-order valence-corrected chi connectivity index (χ1v) is 9.55.